The first-order valence-electron chi connectivity index (χ1n) is 7.14. The molecule has 0 aliphatic carbocycles. The maximum atomic E-state index is 12.1. The lowest BCUT2D eigenvalue weighted by Gasteiger charge is -2.09. The second-order valence-corrected chi connectivity index (χ2v) is 6.77. The van der Waals surface area contributed by atoms with E-state index in [2.05, 4.69) is 15.3 Å². The van der Waals surface area contributed by atoms with Gasteiger partial charge in [-0.05, 0) is 37.6 Å². The van der Waals surface area contributed by atoms with E-state index in [9.17, 15) is 4.79 Å². The number of carbonyl (C=O) groups is 1. The van der Waals surface area contributed by atoms with Gasteiger partial charge in [-0.3, -0.25) is 0 Å². The van der Waals surface area contributed by atoms with Crippen molar-refractivity contribution in [1.82, 2.24) is 9.97 Å². The summed E-state index contributed by atoms with van der Waals surface area (Å²) in [6.45, 7) is 3.94. The molecule has 5 nitrogen and oxygen atoms in total. The van der Waals surface area contributed by atoms with Crippen LogP contribution in [-0.4, -0.2) is 22.5 Å². The Labute approximate surface area is 152 Å². The number of carbonyl (C=O) groups excluding carboxylic acids is 1. The molecule has 0 amide bonds. The van der Waals surface area contributed by atoms with E-state index in [1.807, 2.05) is 6.92 Å². The normalized spacial score (nSPS) is 10.8. The Kier molecular flexibility index (Phi) is 4.89. The van der Waals surface area contributed by atoms with E-state index in [-0.39, 0.29) is 5.97 Å². The number of nitrogens with zero attached hydrogens (tertiary/aromatic N) is 2. The zero-order chi connectivity index (χ0) is 17.3. The van der Waals surface area contributed by atoms with Crippen LogP contribution in [0.25, 0.3) is 10.2 Å². The molecule has 0 aliphatic rings. The Hall–Kier alpha value is -1.89. The molecule has 3 aromatic rings. The van der Waals surface area contributed by atoms with Crippen molar-refractivity contribution in [2.75, 3.05) is 11.9 Å². The summed E-state index contributed by atoms with van der Waals surface area (Å²) in [5.41, 5.74) is 1.40. The molecule has 0 unspecified atom stereocenters. The van der Waals surface area contributed by atoms with Crippen molar-refractivity contribution in [3.05, 3.63) is 45.0 Å². The van der Waals surface area contributed by atoms with Gasteiger partial charge in [0.25, 0.3) is 0 Å². The van der Waals surface area contributed by atoms with Gasteiger partial charge in [-0.1, -0.05) is 23.2 Å². The highest BCUT2D eigenvalue weighted by atomic mass is 35.5. The van der Waals surface area contributed by atoms with Crippen LogP contribution in [0.1, 0.15) is 22.2 Å². The van der Waals surface area contributed by atoms with Crippen LogP contribution < -0.4 is 5.32 Å². The third kappa shape index (κ3) is 3.17. The Balaban J connectivity index is 2.09. The number of nitrogens with one attached hydrogen (secondary N) is 1. The Morgan fingerprint density at radius 2 is 2.12 bits per heavy atom. The molecule has 0 saturated heterocycles. The highest BCUT2D eigenvalue weighted by Crippen LogP contribution is 2.36. The first kappa shape index (κ1) is 17.0. The standard InChI is InChI=1S/C16H13Cl2N3O2S/c1-3-23-16(22)13-8(2)12-14(19-7-20-15(12)24-13)21-11-6-9(17)4-5-10(11)18/h4-7H,3H2,1-2H3,(H,19,20,21). The fourth-order valence-corrected chi connectivity index (χ4v) is 3.66. The van der Waals surface area contributed by atoms with Gasteiger partial charge in [0, 0.05) is 5.02 Å². The van der Waals surface area contributed by atoms with Crippen LogP contribution in [0, 0.1) is 6.92 Å². The summed E-state index contributed by atoms with van der Waals surface area (Å²) in [6.07, 6.45) is 1.44. The third-order valence-electron chi connectivity index (χ3n) is 3.37. The molecule has 0 bridgehead atoms. The molecule has 0 saturated carbocycles. The summed E-state index contributed by atoms with van der Waals surface area (Å²) in [5, 5.41) is 5.01. The first-order chi connectivity index (χ1) is 11.5. The van der Waals surface area contributed by atoms with E-state index in [4.69, 9.17) is 27.9 Å². The number of esters is 1. The predicted octanol–water partition coefficient (Wildman–Crippen LogP) is 5.23. The summed E-state index contributed by atoms with van der Waals surface area (Å²) in [6, 6.07) is 5.13. The molecule has 0 atom stereocenters. The summed E-state index contributed by atoms with van der Waals surface area (Å²) in [4.78, 5) is 21.8. The number of aryl methyl sites for hydroxylation is 1. The molecule has 24 heavy (non-hydrogen) atoms. The number of ether oxygens (including phenoxy) is 1. The van der Waals surface area contributed by atoms with Crippen molar-refractivity contribution < 1.29 is 9.53 Å². The van der Waals surface area contributed by atoms with Gasteiger partial charge in [0.15, 0.2) is 0 Å². The minimum absolute atomic E-state index is 0.321. The molecule has 2 heterocycles. The lowest BCUT2D eigenvalue weighted by molar-refractivity contribution is 0.0531. The highest BCUT2D eigenvalue weighted by molar-refractivity contribution is 7.20. The zero-order valence-corrected chi connectivity index (χ0v) is 15.2. The van der Waals surface area contributed by atoms with Crippen LogP contribution in [-0.2, 0) is 4.74 Å². The summed E-state index contributed by atoms with van der Waals surface area (Å²) < 4.78 is 5.10. The molecule has 0 fully saturated rings. The molecular formula is C16H13Cl2N3O2S. The molecule has 0 aliphatic heterocycles. The van der Waals surface area contributed by atoms with Gasteiger partial charge in [0.05, 0.1) is 22.7 Å². The van der Waals surface area contributed by atoms with Crippen molar-refractivity contribution >= 4 is 62.2 Å². The fourth-order valence-electron chi connectivity index (χ4n) is 2.28. The maximum absolute atomic E-state index is 12.1. The Morgan fingerprint density at radius 3 is 2.88 bits per heavy atom. The van der Waals surface area contributed by atoms with E-state index in [0.29, 0.717) is 37.9 Å². The number of benzene rings is 1. The number of anilines is 2. The molecule has 1 aromatic carbocycles. The summed E-state index contributed by atoms with van der Waals surface area (Å²) >= 11 is 13.5. The monoisotopic (exact) mass is 381 g/mol. The van der Waals surface area contributed by atoms with Gasteiger partial charge in [-0.2, -0.15) is 0 Å². The molecule has 1 N–H and O–H groups in total. The highest BCUT2D eigenvalue weighted by Gasteiger charge is 2.20. The molecule has 8 heteroatoms. The van der Waals surface area contributed by atoms with Gasteiger partial charge in [-0.25, -0.2) is 14.8 Å². The molecule has 0 spiro atoms. The van der Waals surface area contributed by atoms with Crippen LogP contribution in [0.4, 0.5) is 11.5 Å². The number of hydrogen-bond donors (Lipinski definition) is 1. The lowest BCUT2D eigenvalue weighted by atomic mass is 10.2. The third-order valence-corrected chi connectivity index (χ3v) is 5.11. The van der Waals surface area contributed by atoms with Crippen LogP contribution in [0.2, 0.25) is 10.0 Å². The summed E-state index contributed by atoms with van der Waals surface area (Å²) in [5.74, 6) is 0.207. The average molecular weight is 382 g/mol. The Morgan fingerprint density at radius 1 is 1.33 bits per heavy atom. The van der Waals surface area contributed by atoms with Gasteiger partial charge < -0.3 is 10.1 Å². The average Bonchev–Trinajstić information content (AvgIpc) is 2.89. The smallest absolute Gasteiger partial charge is 0.348 e. The Bertz CT molecular complexity index is 927. The van der Waals surface area contributed by atoms with Crippen molar-refractivity contribution in [3.63, 3.8) is 0 Å². The van der Waals surface area contributed by atoms with E-state index in [0.717, 1.165) is 10.9 Å². The largest absolute Gasteiger partial charge is 0.462 e. The van der Waals surface area contributed by atoms with E-state index < -0.39 is 0 Å². The van der Waals surface area contributed by atoms with E-state index in [1.54, 1.807) is 25.1 Å². The van der Waals surface area contributed by atoms with Crippen LogP contribution in [0.5, 0.6) is 0 Å². The molecule has 3 rings (SSSR count). The second kappa shape index (κ2) is 6.93. The number of aromatic nitrogens is 2. The van der Waals surface area contributed by atoms with E-state index in [1.165, 1.54) is 17.7 Å². The second-order valence-electron chi connectivity index (χ2n) is 4.93. The zero-order valence-electron chi connectivity index (χ0n) is 12.9. The number of hydrogen-bond acceptors (Lipinski definition) is 6. The maximum Gasteiger partial charge on any atom is 0.348 e. The minimum Gasteiger partial charge on any atom is -0.462 e. The number of halogens is 2. The minimum atomic E-state index is -0.357. The molecule has 124 valence electrons. The number of rotatable bonds is 4. The molecule has 0 radical (unpaired) electrons. The molecule has 2 aromatic heterocycles. The quantitative estimate of drug-likeness (QED) is 0.627. The topological polar surface area (TPSA) is 64.1 Å². The number of thiophene rings is 1. The van der Waals surface area contributed by atoms with Crippen molar-refractivity contribution in [2.45, 2.75) is 13.8 Å². The van der Waals surface area contributed by atoms with E-state index >= 15 is 0 Å². The van der Waals surface area contributed by atoms with Crippen molar-refractivity contribution in [1.29, 1.82) is 0 Å². The van der Waals surface area contributed by atoms with Crippen molar-refractivity contribution in [3.8, 4) is 0 Å². The molecular weight excluding hydrogens is 369 g/mol. The van der Waals surface area contributed by atoms with Gasteiger partial charge in [0.1, 0.15) is 21.9 Å². The van der Waals surface area contributed by atoms with Crippen molar-refractivity contribution in [2.24, 2.45) is 0 Å². The SMILES string of the molecule is CCOC(=O)c1sc2ncnc(Nc3cc(Cl)ccc3Cl)c2c1C. The van der Waals surface area contributed by atoms with Crippen LogP contribution >= 0.6 is 34.5 Å². The predicted molar refractivity (Wildman–Crippen MR) is 97.9 cm³/mol. The summed E-state index contributed by atoms with van der Waals surface area (Å²) in [7, 11) is 0. The van der Waals surface area contributed by atoms with Gasteiger partial charge in [0.2, 0.25) is 0 Å². The van der Waals surface area contributed by atoms with Gasteiger partial charge >= 0.3 is 5.97 Å². The van der Waals surface area contributed by atoms with Crippen LogP contribution in [0.15, 0.2) is 24.5 Å². The lowest BCUT2D eigenvalue weighted by Crippen LogP contribution is -2.03. The van der Waals surface area contributed by atoms with Crippen LogP contribution in [0.3, 0.4) is 0 Å². The van der Waals surface area contributed by atoms with Gasteiger partial charge in [-0.15, -0.1) is 11.3 Å². The number of fused-ring (bicyclic) bond motifs is 1. The fraction of sp³-hybridized carbons (Fsp3) is 0.188. The first-order valence-corrected chi connectivity index (χ1v) is 8.71.